The van der Waals surface area contributed by atoms with Gasteiger partial charge in [-0.25, -0.2) is 0 Å². The second-order valence-corrected chi connectivity index (χ2v) is 8.49. The third-order valence-corrected chi connectivity index (χ3v) is 5.57. The van der Waals surface area contributed by atoms with Crippen LogP contribution < -0.4 is 0 Å². The molecule has 2 fully saturated rings. The maximum absolute atomic E-state index is 12.8. The lowest BCUT2D eigenvalue weighted by atomic mass is 10.1. The number of morpholine rings is 2. The Morgan fingerprint density at radius 1 is 1.14 bits per heavy atom. The van der Waals surface area contributed by atoms with E-state index in [2.05, 4.69) is 0 Å². The van der Waals surface area contributed by atoms with E-state index in [0.29, 0.717) is 13.1 Å². The van der Waals surface area contributed by atoms with Gasteiger partial charge in [-0.05, 0) is 27.7 Å². The third kappa shape index (κ3) is 3.94. The molecule has 0 aromatic heterocycles. The van der Waals surface area contributed by atoms with E-state index in [9.17, 15) is 13.5 Å². The summed E-state index contributed by atoms with van der Waals surface area (Å²) in [6.45, 7) is 8.40. The van der Waals surface area contributed by atoms with Crippen molar-refractivity contribution in [3.63, 3.8) is 0 Å². The number of aliphatic hydroxyl groups is 1. The van der Waals surface area contributed by atoms with E-state index in [4.69, 9.17) is 9.47 Å². The Morgan fingerprint density at radius 2 is 1.71 bits per heavy atom. The van der Waals surface area contributed by atoms with Gasteiger partial charge in [-0.3, -0.25) is 0 Å². The minimum atomic E-state index is -3.57. The van der Waals surface area contributed by atoms with Crippen LogP contribution in [-0.4, -0.2) is 78.8 Å². The number of hydrogen-bond acceptors (Lipinski definition) is 5. The fourth-order valence-electron chi connectivity index (χ4n) is 3.00. The van der Waals surface area contributed by atoms with Crippen LogP contribution in [0.4, 0.5) is 0 Å². The van der Waals surface area contributed by atoms with Crippen molar-refractivity contribution in [1.82, 2.24) is 8.61 Å². The van der Waals surface area contributed by atoms with Crippen LogP contribution in [0.1, 0.15) is 27.7 Å². The molecule has 0 amide bonds. The van der Waals surface area contributed by atoms with Crippen LogP contribution in [0.2, 0.25) is 0 Å². The molecule has 2 saturated heterocycles. The van der Waals surface area contributed by atoms with E-state index in [-0.39, 0.29) is 31.9 Å². The van der Waals surface area contributed by atoms with Crippen molar-refractivity contribution in [3.8, 4) is 0 Å². The van der Waals surface area contributed by atoms with Gasteiger partial charge in [0.2, 0.25) is 0 Å². The number of rotatable bonds is 3. The van der Waals surface area contributed by atoms with Gasteiger partial charge in [-0.1, -0.05) is 0 Å². The Hall–Kier alpha value is -0.250. The maximum atomic E-state index is 12.8. The Balaban J connectivity index is 2.18. The predicted octanol–water partition coefficient (Wildman–Crippen LogP) is -0.188. The molecular weight excluding hydrogens is 296 g/mol. The Morgan fingerprint density at radius 3 is 2.24 bits per heavy atom. The average molecular weight is 322 g/mol. The van der Waals surface area contributed by atoms with Crippen LogP contribution in [0, 0.1) is 0 Å². The highest BCUT2D eigenvalue weighted by Crippen LogP contribution is 2.26. The lowest BCUT2D eigenvalue weighted by molar-refractivity contribution is -0.133. The molecule has 0 saturated carbocycles. The van der Waals surface area contributed by atoms with Gasteiger partial charge < -0.3 is 14.6 Å². The summed E-state index contributed by atoms with van der Waals surface area (Å²) in [5.41, 5.74) is -0.609. The zero-order valence-electron chi connectivity index (χ0n) is 13.2. The fourth-order valence-corrected chi connectivity index (χ4v) is 4.95. The van der Waals surface area contributed by atoms with Crippen LogP contribution in [0.3, 0.4) is 0 Å². The number of ether oxygens (including phenoxy) is 2. The van der Waals surface area contributed by atoms with Gasteiger partial charge in [0.15, 0.2) is 0 Å². The van der Waals surface area contributed by atoms with Gasteiger partial charge in [-0.2, -0.15) is 17.0 Å². The van der Waals surface area contributed by atoms with Crippen molar-refractivity contribution in [2.24, 2.45) is 0 Å². The molecule has 2 aliphatic rings. The van der Waals surface area contributed by atoms with Crippen molar-refractivity contribution < 1.29 is 23.0 Å². The third-order valence-electron chi connectivity index (χ3n) is 3.69. The van der Waals surface area contributed by atoms with Crippen molar-refractivity contribution in [2.45, 2.75) is 51.6 Å². The van der Waals surface area contributed by atoms with Crippen molar-refractivity contribution in [1.29, 1.82) is 0 Å². The Labute approximate surface area is 127 Å². The molecule has 21 heavy (non-hydrogen) atoms. The molecule has 124 valence electrons. The van der Waals surface area contributed by atoms with Gasteiger partial charge in [-0.15, -0.1) is 0 Å². The SMILES string of the molecule is CC1CN(S(=O)(=O)N2CC(CO)OC(C)(C)C2)CC(C)O1. The Kier molecular flexibility index (Phi) is 4.97. The van der Waals surface area contributed by atoms with Gasteiger partial charge in [0.1, 0.15) is 0 Å². The second-order valence-electron chi connectivity index (χ2n) is 6.56. The quantitative estimate of drug-likeness (QED) is 0.779. The standard InChI is InChI=1S/C13H26N2O5S/c1-10-5-14(6-11(2)19-10)21(17,18)15-7-12(8-16)20-13(3,4)9-15/h10-12,16H,5-9H2,1-4H3. The van der Waals surface area contributed by atoms with Crippen LogP contribution in [0.25, 0.3) is 0 Å². The molecule has 0 aromatic rings. The van der Waals surface area contributed by atoms with E-state index in [1.54, 1.807) is 0 Å². The summed E-state index contributed by atoms with van der Waals surface area (Å²) in [6, 6.07) is 0. The zero-order chi connectivity index (χ0) is 15.8. The molecule has 0 radical (unpaired) electrons. The summed E-state index contributed by atoms with van der Waals surface area (Å²) in [6.07, 6.45) is -0.725. The first kappa shape index (κ1) is 17.1. The predicted molar refractivity (Wildman–Crippen MR) is 78.1 cm³/mol. The van der Waals surface area contributed by atoms with Crippen molar-refractivity contribution in [3.05, 3.63) is 0 Å². The normalized spacial score (nSPS) is 35.8. The van der Waals surface area contributed by atoms with E-state index >= 15 is 0 Å². The summed E-state index contributed by atoms with van der Waals surface area (Å²) in [5.74, 6) is 0. The molecule has 0 spiro atoms. The number of aliphatic hydroxyl groups excluding tert-OH is 1. The lowest BCUT2D eigenvalue weighted by Gasteiger charge is -2.44. The first-order chi connectivity index (χ1) is 9.64. The summed E-state index contributed by atoms with van der Waals surface area (Å²) in [7, 11) is -3.57. The topological polar surface area (TPSA) is 79.3 Å². The molecule has 0 bridgehead atoms. The molecule has 2 aliphatic heterocycles. The smallest absolute Gasteiger partial charge is 0.282 e. The molecule has 0 aromatic carbocycles. The molecule has 3 unspecified atom stereocenters. The lowest BCUT2D eigenvalue weighted by Crippen LogP contribution is -2.60. The molecule has 0 aliphatic carbocycles. The van der Waals surface area contributed by atoms with E-state index < -0.39 is 21.9 Å². The largest absolute Gasteiger partial charge is 0.394 e. The van der Waals surface area contributed by atoms with Gasteiger partial charge in [0, 0.05) is 26.2 Å². The molecule has 1 N–H and O–H groups in total. The summed E-state index contributed by atoms with van der Waals surface area (Å²) in [5, 5.41) is 9.32. The number of hydrogen-bond donors (Lipinski definition) is 1. The molecule has 3 atom stereocenters. The highest BCUT2D eigenvalue weighted by molar-refractivity contribution is 7.86. The Bertz CT molecular complexity index is 457. The highest BCUT2D eigenvalue weighted by atomic mass is 32.2. The minimum Gasteiger partial charge on any atom is -0.394 e. The monoisotopic (exact) mass is 322 g/mol. The summed E-state index contributed by atoms with van der Waals surface area (Å²) < 4.78 is 39.8. The first-order valence-electron chi connectivity index (χ1n) is 7.33. The van der Waals surface area contributed by atoms with Gasteiger partial charge in [0.25, 0.3) is 10.2 Å². The maximum Gasteiger partial charge on any atom is 0.282 e. The van der Waals surface area contributed by atoms with Crippen LogP contribution >= 0.6 is 0 Å². The highest BCUT2D eigenvalue weighted by Gasteiger charge is 2.42. The van der Waals surface area contributed by atoms with E-state index in [1.807, 2.05) is 27.7 Å². The van der Waals surface area contributed by atoms with Crippen LogP contribution in [0.15, 0.2) is 0 Å². The van der Waals surface area contributed by atoms with Crippen molar-refractivity contribution in [2.75, 3.05) is 32.8 Å². The summed E-state index contributed by atoms with van der Waals surface area (Å²) in [4.78, 5) is 0. The molecule has 8 heteroatoms. The van der Waals surface area contributed by atoms with Gasteiger partial charge in [0.05, 0.1) is 30.5 Å². The van der Waals surface area contributed by atoms with E-state index in [0.717, 1.165) is 0 Å². The van der Waals surface area contributed by atoms with Crippen LogP contribution in [-0.2, 0) is 19.7 Å². The second kappa shape index (κ2) is 6.10. The van der Waals surface area contributed by atoms with E-state index in [1.165, 1.54) is 8.61 Å². The summed E-state index contributed by atoms with van der Waals surface area (Å²) >= 11 is 0. The minimum absolute atomic E-state index is 0.119. The molecule has 7 nitrogen and oxygen atoms in total. The number of nitrogens with zero attached hydrogens (tertiary/aromatic N) is 2. The molecule has 2 heterocycles. The fraction of sp³-hybridized carbons (Fsp3) is 1.00. The van der Waals surface area contributed by atoms with Gasteiger partial charge >= 0.3 is 0 Å². The van der Waals surface area contributed by atoms with Crippen molar-refractivity contribution >= 4 is 10.2 Å². The molecule has 2 rings (SSSR count). The first-order valence-corrected chi connectivity index (χ1v) is 8.73. The zero-order valence-corrected chi connectivity index (χ0v) is 14.0. The molecular formula is C13H26N2O5S. The average Bonchev–Trinajstić information content (AvgIpc) is 2.35. The van der Waals surface area contributed by atoms with Crippen LogP contribution in [0.5, 0.6) is 0 Å².